The third-order valence-corrected chi connectivity index (χ3v) is 3.30. The van der Waals surface area contributed by atoms with Gasteiger partial charge in [-0.2, -0.15) is 13.2 Å². The number of hydrogen-bond donors (Lipinski definition) is 1. The fraction of sp³-hybridized carbons (Fsp3) is 0.125. The SMILES string of the molecule is O[C@@H](c1ccccn1)c1cc(C(F)(F)F)nc2ccccc12. The largest absolute Gasteiger partial charge is 0.433 e. The van der Waals surface area contributed by atoms with Crippen molar-refractivity contribution in [2.24, 2.45) is 0 Å². The van der Waals surface area contributed by atoms with Gasteiger partial charge in [0.25, 0.3) is 0 Å². The zero-order chi connectivity index (χ0) is 15.7. The molecule has 0 saturated carbocycles. The Bertz CT molecular complexity index is 803. The van der Waals surface area contributed by atoms with Crippen LogP contribution in [-0.4, -0.2) is 15.1 Å². The van der Waals surface area contributed by atoms with Crippen molar-refractivity contribution in [2.75, 3.05) is 0 Å². The lowest BCUT2D eigenvalue weighted by molar-refractivity contribution is -0.141. The van der Waals surface area contributed by atoms with E-state index in [9.17, 15) is 18.3 Å². The number of nitrogens with zero attached hydrogens (tertiary/aromatic N) is 2. The average Bonchev–Trinajstić information content (AvgIpc) is 2.53. The second kappa shape index (κ2) is 5.38. The maximum absolute atomic E-state index is 13.0. The molecule has 1 atom stereocenters. The maximum atomic E-state index is 13.0. The minimum absolute atomic E-state index is 0.136. The van der Waals surface area contributed by atoms with Crippen LogP contribution < -0.4 is 0 Å². The van der Waals surface area contributed by atoms with Gasteiger partial charge in [-0.05, 0) is 29.8 Å². The lowest BCUT2D eigenvalue weighted by Crippen LogP contribution is -2.11. The number of rotatable bonds is 2. The van der Waals surface area contributed by atoms with Gasteiger partial charge in [0.2, 0.25) is 0 Å². The highest BCUT2D eigenvalue weighted by Gasteiger charge is 2.34. The van der Waals surface area contributed by atoms with Crippen LogP contribution in [-0.2, 0) is 6.18 Å². The maximum Gasteiger partial charge on any atom is 0.433 e. The van der Waals surface area contributed by atoms with Gasteiger partial charge in [0.15, 0.2) is 0 Å². The van der Waals surface area contributed by atoms with Gasteiger partial charge in [0.05, 0.1) is 11.2 Å². The Morgan fingerprint density at radius 2 is 1.73 bits per heavy atom. The highest BCUT2D eigenvalue weighted by Crippen LogP contribution is 2.34. The molecule has 0 fully saturated rings. The highest BCUT2D eigenvalue weighted by atomic mass is 19.4. The molecule has 2 heterocycles. The molecule has 1 aromatic carbocycles. The molecule has 6 heteroatoms. The van der Waals surface area contributed by atoms with Gasteiger partial charge in [0, 0.05) is 11.6 Å². The van der Waals surface area contributed by atoms with Crippen LogP contribution >= 0.6 is 0 Å². The van der Waals surface area contributed by atoms with Crippen molar-refractivity contribution in [1.82, 2.24) is 9.97 Å². The Hall–Kier alpha value is -2.47. The molecule has 3 nitrogen and oxygen atoms in total. The van der Waals surface area contributed by atoms with Crippen molar-refractivity contribution in [2.45, 2.75) is 12.3 Å². The number of aromatic nitrogens is 2. The summed E-state index contributed by atoms with van der Waals surface area (Å²) in [6.45, 7) is 0. The second-order valence-corrected chi connectivity index (χ2v) is 4.77. The molecule has 22 heavy (non-hydrogen) atoms. The Morgan fingerprint density at radius 3 is 2.41 bits per heavy atom. The molecule has 1 N–H and O–H groups in total. The third kappa shape index (κ3) is 2.65. The van der Waals surface area contributed by atoms with Crippen molar-refractivity contribution >= 4 is 10.9 Å². The first-order valence-electron chi connectivity index (χ1n) is 6.52. The first-order valence-corrected chi connectivity index (χ1v) is 6.52. The van der Waals surface area contributed by atoms with Crippen molar-refractivity contribution in [3.63, 3.8) is 0 Å². The molecular weight excluding hydrogens is 293 g/mol. The summed E-state index contributed by atoms with van der Waals surface area (Å²) >= 11 is 0. The fourth-order valence-corrected chi connectivity index (χ4v) is 2.27. The van der Waals surface area contributed by atoms with Crippen LogP contribution in [0.2, 0.25) is 0 Å². The zero-order valence-electron chi connectivity index (χ0n) is 11.2. The molecule has 0 spiro atoms. The topological polar surface area (TPSA) is 46.0 Å². The van der Waals surface area contributed by atoms with E-state index in [-0.39, 0.29) is 16.8 Å². The van der Waals surface area contributed by atoms with E-state index >= 15 is 0 Å². The van der Waals surface area contributed by atoms with E-state index in [0.717, 1.165) is 6.07 Å². The zero-order valence-corrected chi connectivity index (χ0v) is 11.2. The van der Waals surface area contributed by atoms with Gasteiger partial charge < -0.3 is 5.11 Å². The molecule has 0 radical (unpaired) electrons. The van der Waals surface area contributed by atoms with Crippen LogP contribution in [0.5, 0.6) is 0 Å². The van der Waals surface area contributed by atoms with E-state index < -0.39 is 18.0 Å². The predicted molar refractivity (Wildman–Crippen MR) is 75.0 cm³/mol. The van der Waals surface area contributed by atoms with E-state index in [4.69, 9.17) is 0 Å². The molecule has 3 aromatic rings. The van der Waals surface area contributed by atoms with Crippen LogP contribution in [0.4, 0.5) is 13.2 Å². The molecule has 0 aliphatic heterocycles. The quantitative estimate of drug-likeness (QED) is 0.784. The van der Waals surface area contributed by atoms with Crippen LogP contribution in [0.1, 0.15) is 23.1 Å². The van der Waals surface area contributed by atoms with Gasteiger partial charge in [-0.3, -0.25) is 4.98 Å². The number of hydrogen-bond acceptors (Lipinski definition) is 3. The summed E-state index contributed by atoms with van der Waals surface area (Å²) in [4.78, 5) is 7.63. The molecule has 0 unspecified atom stereocenters. The first-order chi connectivity index (χ1) is 10.5. The summed E-state index contributed by atoms with van der Waals surface area (Å²) in [5.74, 6) is 0. The lowest BCUT2D eigenvalue weighted by atomic mass is 10.00. The highest BCUT2D eigenvalue weighted by molar-refractivity contribution is 5.83. The standard InChI is InChI=1S/C16H11F3N2O/c17-16(18,19)14-9-11(10-5-1-2-6-12(10)21-14)15(22)13-7-3-4-8-20-13/h1-9,15,22H/t15-/m1/s1. The number of benzene rings is 1. The van der Waals surface area contributed by atoms with E-state index in [1.54, 1.807) is 36.4 Å². The minimum atomic E-state index is -4.58. The molecule has 0 amide bonds. The summed E-state index contributed by atoms with van der Waals surface area (Å²) in [5, 5.41) is 10.9. The Kier molecular flexibility index (Phi) is 3.54. The summed E-state index contributed by atoms with van der Waals surface area (Å²) in [6.07, 6.45) is -4.36. The Balaban J connectivity index is 2.23. The summed E-state index contributed by atoms with van der Waals surface area (Å²) in [6, 6.07) is 12.2. The van der Waals surface area contributed by atoms with E-state index in [2.05, 4.69) is 9.97 Å². The summed E-state index contributed by atoms with van der Waals surface area (Å²) < 4.78 is 39.0. The summed E-state index contributed by atoms with van der Waals surface area (Å²) in [5.41, 5.74) is -0.429. The van der Waals surface area contributed by atoms with Crippen molar-refractivity contribution < 1.29 is 18.3 Å². The first kappa shape index (κ1) is 14.5. The van der Waals surface area contributed by atoms with E-state index in [1.165, 1.54) is 12.3 Å². The van der Waals surface area contributed by atoms with Crippen molar-refractivity contribution in [3.8, 4) is 0 Å². The molecule has 0 saturated heterocycles. The summed E-state index contributed by atoms with van der Waals surface area (Å²) in [7, 11) is 0. The van der Waals surface area contributed by atoms with Crippen molar-refractivity contribution in [3.05, 3.63) is 71.7 Å². The molecule has 0 bridgehead atoms. The number of aliphatic hydroxyl groups excluding tert-OH is 1. The third-order valence-electron chi connectivity index (χ3n) is 3.30. The Morgan fingerprint density at radius 1 is 1.00 bits per heavy atom. The number of halogens is 3. The van der Waals surface area contributed by atoms with Gasteiger partial charge in [-0.15, -0.1) is 0 Å². The minimum Gasteiger partial charge on any atom is -0.382 e. The molecule has 0 aliphatic rings. The lowest BCUT2D eigenvalue weighted by Gasteiger charge is -2.16. The number of alkyl halides is 3. The average molecular weight is 304 g/mol. The van der Waals surface area contributed by atoms with Gasteiger partial charge in [0.1, 0.15) is 11.8 Å². The van der Waals surface area contributed by atoms with Crippen molar-refractivity contribution in [1.29, 1.82) is 0 Å². The van der Waals surface area contributed by atoms with E-state index in [1.807, 2.05) is 0 Å². The number of fused-ring (bicyclic) bond motifs is 1. The predicted octanol–water partition coefficient (Wildman–Crippen LogP) is 3.73. The van der Waals surface area contributed by atoms with E-state index in [0.29, 0.717) is 5.39 Å². The van der Waals surface area contributed by atoms with Crippen LogP contribution in [0.25, 0.3) is 10.9 Å². The monoisotopic (exact) mass is 304 g/mol. The molecule has 0 aliphatic carbocycles. The second-order valence-electron chi connectivity index (χ2n) is 4.77. The van der Waals surface area contributed by atoms with Crippen LogP contribution in [0.15, 0.2) is 54.7 Å². The Labute approximate surface area is 124 Å². The molecule has 2 aromatic heterocycles. The molecule has 112 valence electrons. The normalized spacial score (nSPS) is 13.3. The van der Waals surface area contributed by atoms with Gasteiger partial charge in [-0.25, -0.2) is 4.98 Å². The van der Waals surface area contributed by atoms with Crippen LogP contribution in [0, 0.1) is 0 Å². The fourth-order valence-electron chi connectivity index (χ4n) is 2.27. The smallest absolute Gasteiger partial charge is 0.382 e. The molecular formula is C16H11F3N2O. The van der Waals surface area contributed by atoms with Gasteiger partial charge >= 0.3 is 6.18 Å². The van der Waals surface area contributed by atoms with Gasteiger partial charge in [-0.1, -0.05) is 24.3 Å². The number of aliphatic hydroxyl groups is 1. The molecule has 3 rings (SSSR count). The number of para-hydroxylation sites is 1. The number of pyridine rings is 2. The van der Waals surface area contributed by atoms with Crippen LogP contribution in [0.3, 0.4) is 0 Å².